The number of benzene rings is 1. The Morgan fingerprint density at radius 2 is 1.95 bits per heavy atom. The molecule has 0 unspecified atom stereocenters. The molecule has 0 bridgehead atoms. The van der Waals surface area contributed by atoms with Gasteiger partial charge in [0, 0.05) is 0 Å². The van der Waals surface area contributed by atoms with Crippen molar-refractivity contribution in [2.75, 3.05) is 13.1 Å². The van der Waals surface area contributed by atoms with Crippen LogP contribution < -0.4 is 11.1 Å². The molecule has 1 heterocycles. The number of aromatic nitrogens is 2. The van der Waals surface area contributed by atoms with Gasteiger partial charge < -0.3 is 11.1 Å². The standard InChI is InChI=1S/C15H18F2N4O/c1-10-13(14(22)19-9-15(16,17)8-18)11(2)21(20-10)12-6-4-3-5-7-12/h3-7H,8-9,18H2,1-2H3,(H,19,22). The largest absolute Gasteiger partial charge is 0.346 e. The van der Waals surface area contributed by atoms with Crippen molar-refractivity contribution in [2.24, 2.45) is 5.73 Å². The summed E-state index contributed by atoms with van der Waals surface area (Å²) in [5.74, 6) is -3.70. The van der Waals surface area contributed by atoms with Crippen LogP contribution in [0.25, 0.3) is 5.69 Å². The molecular weight excluding hydrogens is 290 g/mol. The molecule has 1 amide bonds. The van der Waals surface area contributed by atoms with E-state index in [1.54, 1.807) is 18.5 Å². The minimum absolute atomic E-state index is 0.302. The number of halogens is 2. The molecule has 0 spiro atoms. The molecule has 5 nitrogen and oxygen atoms in total. The first kappa shape index (κ1) is 16.1. The zero-order valence-corrected chi connectivity index (χ0v) is 12.4. The smallest absolute Gasteiger partial charge is 0.277 e. The van der Waals surface area contributed by atoms with Crippen molar-refractivity contribution < 1.29 is 13.6 Å². The SMILES string of the molecule is Cc1nn(-c2ccccc2)c(C)c1C(=O)NCC(F)(F)CN. The lowest BCUT2D eigenvalue weighted by atomic mass is 10.1. The lowest BCUT2D eigenvalue weighted by Gasteiger charge is -2.14. The van der Waals surface area contributed by atoms with Gasteiger partial charge in [-0.1, -0.05) is 18.2 Å². The number of amides is 1. The van der Waals surface area contributed by atoms with E-state index in [4.69, 9.17) is 5.73 Å². The van der Waals surface area contributed by atoms with E-state index in [1.807, 2.05) is 30.3 Å². The maximum absolute atomic E-state index is 13.1. The molecule has 0 radical (unpaired) electrons. The van der Waals surface area contributed by atoms with Crippen LogP contribution in [0.1, 0.15) is 21.7 Å². The number of alkyl halides is 2. The zero-order chi connectivity index (χ0) is 16.3. The molecule has 2 rings (SSSR count). The maximum Gasteiger partial charge on any atom is 0.277 e. The van der Waals surface area contributed by atoms with Crippen molar-refractivity contribution in [2.45, 2.75) is 19.8 Å². The Hall–Kier alpha value is -2.28. The van der Waals surface area contributed by atoms with E-state index in [1.165, 1.54) is 0 Å². The van der Waals surface area contributed by atoms with Crippen molar-refractivity contribution in [3.63, 3.8) is 0 Å². The van der Waals surface area contributed by atoms with E-state index in [0.717, 1.165) is 5.69 Å². The molecule has 3 N–H and O–H groups in total. The molecule has 1 aromatic heterocycles. The topological polar surface area (TPSA) is 72.9 Å². The average molecular weight is 308 g/mol. The van der Waals surface area contributed by atoms with Crippen molar-refractivity contribution in [1.29, 1.82) is 0 Å². The van der Waals surface area contributed by atoms with Crippen molar-refractivity contribution in [3.05, 3.63) is 47.3 Å². The second-order valence-corrected chi connectivity index (χ2v) is 5.04. The van der Waals surface area contributed by atoms with Crippen LogP contribution in [0.2, 0.25) is 0 Å². The Balaban J connectivity index is 2.26. The van der Waals surface area contributed by atoms with E-state index in [-0.39, 0.29) is 0 Å². The van der Waals surface area contributed by atoms with Crippen LogP contribution in [0.5, 0.6) is 0 Å². The van der Waals surface area contributed by atoms with Crippen LogP contribution in [-0.4, -0.2) is 34.7 Å². The molecule has 118 valence electrons. The lowest BCUT2D eigenvalue weighted by molar-refractivity contribution is 0.0118. The molecule has 22 heavy (non-hydrogen) atoms. The molecule has 7 heteroatoms. The van der Waals surface area contributed by atoms with Crippen molar-refractivity contribution in [1.82, 2.24) is 15.1 Å². The van der Waals surface area contributed by atoms with Gasteiger partial charge in [-0.3, -0.25) is 4.79 Å². The molecular formula is C15H18F2N4O. The van der Waals surface area contributed by atoms with E-state index < -0.39 is 24.9 Å². The van der Waals surface area contributed by atoms with Gasteiger partial charge in [0.2, 0.25) is 0 Å². The van der Waals surface area contributed by atoms with Gasteiger partial charge in [0.25, 0.3) is 11.8 Å². The quantitative estimate of drug-likeness (QED) is 0.885. The number of rotatable bonds is 5. The van der Waals surface area contributed by atoms with Gasteiger partial charge in [-0.25, -0.2) is 13.5 Å². The Bertz CT molecular complexity index is 668. The Morgan fingerprint density at radius 1 is 1.32 bits per heavy atom. The summed E-state index contributed by atoms with van der Waals surface area (Å²) in [5, 5.41) is 6.52. The van der Waals surface area contributed by atoms with Gasteiger partial charge >= 0.3 is 0 Å². The molecule has 2 aromatic rings. The highest BCUT2D eigenvalue weighted by Gasteiger charge is 2.28. The summed E-state index contributed by atoms with van der Waals surface area (Å²) in [6.45, 7) is 1.79. The fourth-order valence-corrected chi connectivity index (χ4v) is 2.16. The third-order valence-electron chi connectivity index (χ3n) is 3.33. The third-order valence-corrected chi connectivity index (χ3v) is 3.33. The van der Waals surface area contributed by atoms with Crippen LogP contribution in [0, 0.1) is 13.8 Å². The van der Waals surface area contributed by atoms with Crippen molar-refractivity contribution in [3.8, 4) is 5.69 Å². The predicted octanol–water partition coefficient (Wildman–Crippen LogP) is 1.81. The van der Waals surface area contributed by atoms with Crippen LogP contribution in [0.15, 0.2) is 30.3 Å². The second kappa shape index (κ2) is 6.23. The number of para-hydroxylation sites is 1. The van der Waals surface area contributed by atoms with Gasteiger partial charge in [-0.15, -0.1) is 0 Å². The Kier molecular flexibility index (Phi) is 4.56. The lowest BCUT2D eigenvalue weighted by Crippen LogP contribution is -2.41. The molecule has 0 saturated carbocycles. The van der Waals surface area contributed by atoms with E-state index in [2.05, 4.69) is 10.4 Å². The molecule has 0 saturated heterocycles. The highest BCUT2D eigenvalue weighted by molar-refractivity contribution is 5.96. The van der Waals surface area contributed by atoms with E-state index in [9.17, 15) is 13.6 Å². The van der Waals surface area contributed by atoms with Crippen LogP contribution in [-0.2, 0) is 0 Å². The maximum atomic E-state index is 13.1. The van der Waals surface area contributed by atoms with Crippen LogP contribution >= 0.6 is 0 Å². The normalized spacial score (nSPS) is 11.5. The minimum atomic E-state index is -3.12. The number of hydrogen-bond donors (Lipinski definition) is 2. The van der Waals surface area contributed by atoms with Crippen LogP contribution in [0.3, 0.4) is 0 Å². The average Bonchev–Trinajstić information content (AvgIpc) is 2.81. The number of hydrogen-bond acceptors (Lipinski definition) is 3. The molecule has 0 aliphatic carbocycles. The van der Waals surface area contributed by atoms with Crippen molar-refractivity contribution >= 4 is 5.91 Å². The fourth-order valence-electron chi connectivity index (χ4n) is 2.16. The second-order valence-electron chi connectivity index (χ2n) is 5.04. The van der Waals surface area contributed by atoms with Gasteiger partial charge in [-0.05, 0) is 26.0 Å². The minimum Gasteiger partial charge on any atom is -0.346 e. The first-order valence-electron chi connectivity index (χ1n) is 6.83. The Morgan fingerprint density at radius 3 is 2.55 bits per heavy atom. The number of nitrogens with two attached hydrogens (primary N) is 1. The summed E-state index contributed by atoms with van der Waals surface area (Å²) >= 11 is 0. The number of carbonyl (C=O) groups excluding carboxylic acids is 1. The fraction of sp³-hybridized carbons (Fsp3) is 0.333. The zero-order valence-electron chi connectivity index (χ0n) is 12.4. The van der Waals surface area contributed by atoms with Gasteiger partial charge in [0.15, 0.2) is 0 Å². The monoisotopic (exact) mass is 308 g/mol. The summed E-state index contributed by atoms with van der Waals surface area (Å²) in [7, 11) is 0. The highest BCUT2D eigenvalue weighted by atomic mass is 19.3. The molecule has 0 atom stereocenters. The van der Waals surface area contributed by atoms with Gasteiger partial charge in [0.05, 0.1) is 35.7 Å². The summed E-state index contributed by atoms with van der Waals surface area (Å²) in [6, 6.07) is 9.28. The Labute approximate surface area is 127 Å². The third kappa shape index (κ3) is 3.30. The molecule has 1 aromatic carbocycles. The molecule has 0 fully saturated rings. The summed E-state index contributed by atoms with van der Waals surface area (Å²) in [4.78, 5) is 12.2. The van der Waals surface area contributed by atoms with E-state index in [0.29, 0.717) is 17.0 Å². The predicted molar refractivity (Wildman–Crippen MR) is 79.4 cm³/mol. The number of nitrogens with one attached hydrogen (secondary N) is 1. The summed E-state index contributed by atoms with van der Waals surface area (Å²) in [6.07, 6.45) is 0. The summed E-state index contributed by atoms with van der Waals surface area (Å²) < 4.78 is 27.9. The number of carbonyl (C=O) groups is 1. The number of nitrogens with zero attached hydrogens (tertiary/aromatic N) is 2. The highest BCUT2D eigenvalue weighted by Crippen LogP contribution is 2.18. The van der Waals surface area contributed by atoms with Crippen LogP contribution in [0.4, 0.5) is 8.78 Å². The number of aryl methyl sites for hydroxylation is 1. The molecule has 0 aliphatic heterocycles. The van der Waals surface area contributed by atoms with E-state index >= 15 is 0 Å². The van der Waals surface area contributed by atoms with Gasteiger partial charge in [-0.2, -0.15) is 5.10 Å². The van der Waals surface area contributed by atoms with Gasteiger partial charge in [0.1, 0.15) is 0 Å². The first-order valence-corrected chi connectivity index (χ1v) is 6.83. The molecule has 0 aliphatic rings. The summed E-state index contributed by atoms with van der Waals surface area (Å²) in [5.41, 5.74) is 7.13. The first-order chi connectivity index (χ1) is 10.4.